The van der Waals surface area contributed by atoms with Crippen molar-refractivity contribution in [2.24, 2.45) is 0 Å². The molecule has 136 valence electrons. The van der Waals surface area contributed by atoms with Crippen LogP contribution >= 0.6 is 0 Å². The molecule has 6 nitrogen and oxygen atoms in total. The van der Waals surface area contributed by atoms with Gasteiger partial charge in [0.2, 0.25) is 10.0 Å². The molecular formula is C19H21N3O3S. The zero-order chi connectivity index (χ0) is 18.6. The largest absolute Gasteiger partial charge is 0.378 e. The second-order valence-electron chi connectivity index (χ2n) is 6.13. The minimum atomic E-state index is -3.63. The number of para-hydroxylation sites is 1. The summed E-state index contributed by atoms with van der Waals surface area (Å²) in [5, 5.41) is 8.87. The highest BCUT2D eigenvalue weighted by molar-refractivity contribution is 7.89. The van der Waals surface area contributed by atoms with Crippen LogP contribution in [-0.4, -0.2) is 46.1 Å². The number of benzene rings is 2. The van der Waals surface area contributed by atoms with E-state index in [0.29, 0.717) is 18.8 Å². The SMILES string of the molecule is CN(Cc1ccccc1N1CCOCC1)S(=O)(=O)c1ccc(C#N)cc1. The Hall–Kier alpha value is -2.40. The second kappa shape index (κ2) is 7.87. The lowest BCUT2D eigenvalue weighted by molar-refractivity contribution is 0.122. The summed E-state index contributed by atoms with van der Waals surface area (Å²) in [4.78, 5) is 2.41. The fourth-order valence-electron chi connectivity index (χ4n) is 2.96. The van der Waals surface area contributed by atoms with E-state index in [2.05, 4.69) is 4.90 Å². The van der Waals surface area contributed by atoms with Crippen LogP contribution in [0.15, 0.2) is 53.4 Å². The molecule has 7 heteroatoms. The van der Waals surface area contributed by atoms with Crippen molar-refractivity contribution in [3.05, 3.63) is 59.7 Å². The maximum atomic E-state index is 12.8. The van der Waals surface area contributed by atoms with Crippen LogP contribution in [0.5, 0.6) is 0 Å². The first-order chi connectivity index (χ1) is 12.5. The molecule has 2 aromatic rings. The molecule has 0 amide bonds. The number of sulfonamides is 1. The molecule has 0 saturated carbocycles. The van der Waals surface area contributed by atoms with Crippen molar-refractivity contribution < 1.29 is 13.2 Å². The molecule has 0 spiro atoms. The van der Waals surface area contributed by atoms with E-state index in [4.69, 9.17) is 10.00 Å². The van der Waals surface area contributed by atoms with Gasteiger partial charge in [-0.2, -0.15) is 9.57 Å². The average molecular weight is 371 g/mol. The van der Waals surface area contributed by atoms with Crippen molar-refractivity contribution >= 4 is 15.7 Å². The summed E-state index contributed by atoms with van der Waals surface area (Å²) >= 11 is 0. The number of ether oxygens (including phenoxy) is 1. The molecule has 3 rings (SSSR count). The van der Waals surface area contributed by atoms with Crippen molar-refractivity contribution in [3.8, 4) is 6.07 Å². The monoisotopic (exact) mass is 371 g/mol. The summed E-state index contributed by atoms with van der Waals surface area (Å²) in [5.41, 5.74) is 2.43. The number of anilines is 1. The zero-order valence-electron chi connectivity index (χ0n) is 14.6. The smallest absolute Gasteiger partial charge is 0.243 e. The molecule has 1 aliphatic heterocycles. The number of hydrogen-bond donors (Lipinski definition) is 0. The number of morpholine rings is 1. The lowest BCUT2D eigenvalue weighted by Gasteiger charge is -2.31. The molecule has 0 aliphatic carbocycles. The Morgan fingerprint density at radius 1 is 1.12 bits per heavy atom. The van der Waals surface area contributed by atoms with Crippen LogP contribution in [0, 0.1) is 11.3 Å². The Kier molecular flexibility index (Phi) is 5.57. The molecule has 26 heavy (non-hydrogen) atoms. The van der Waals surface area contributed by atoms with Gasteiger partial charge in [0.15, 0.2) is 0 Å². The van der Waals surface area contributed by atoms with Crippen LogP contribution in [-0.2, 0) is 21.3 Å². The highest BCUT2D eigenvalue weighted by Crippen LogP contribution is 2.25. The zero-order valence-corrected chi connectivity index (χ0v) is 15.4. The lowest BCUT2D eigenvalue weighted by atomic mass is 10.1. The van der Waals surface area contributed by atoms with E-state index in [0.717, 1.165) is 24.3 Å². The van der Waals surface area contributed by atoms with Crippen molar-refractivity contribution in [3.63, 3.8) is 0 Å². The minimum absolute atomic E-state index is 0.183. The molecule has 1 fully saturated rings. The Bertz CT molecular complexity index is 898. The third-order valence-corrected chi connectivity index (χ3v) is 6.25. The number of hydrogen-bond acceptors (Lipinski definition) is 5. The summed E-state index contributed by atoms with van der Waals surface area (Å²) in [6.07, 6.45) is 0. The third kappa shape index (κ3) is 3.88. The van der Waals surface area contributed by atoms with Gasteiger partial charge in [-0.15, -0.1) is 0 Å². The van der Waals surface area contributed by atoms with Gasteiger partial charge in [-0.05, 0) is 35.9 Å². The predicted octanol–water partition coefficient (Wildman–Crippen LogP) is 2.22. The van der Waals surface area contributed by atoms with Crippen molar-refractivity contribution in [2.45, 2.75) is 11.4 Å². The van der Waals surface area contributed by atoms with E-state index in [-0.39, 0.29) is 11.4 Å². The van der Waals surface area contributed by atoms with Crippen molar-refractivity contribution in [2.75, 3.05) is 38.3 Å². The van der Waals surface area contributed by atoms with Gasteiger partial charge in [0.25, 0.3) is 0 Å². The lowest BCUT2D eigenvalue weighted by Crippen LogP contribution is -2.37. The van der Waals surface area contributed by atoms with Crippen LogP contribution in [0.3, 0.4) is 0 Å². The maximum absolute atomic E-state index is 12.8. The van der Waals surface area contributed by atoms with E-state index >= 15 is 0 Å². The van der Waals surface area contributed by atoms with Crippen LogP contribution in [0.1, 0.15) is 11.1 Å². The van der Waals surface area contributed by atoms with E-state index in [1.807, 2.05) is 30.3 Å². The highest BCUT2D eigenvalue weighted by Gasteiger charge is 2.23. The summed E-state index contributed by atoms with van der Waals surface area (Å²) in [6.45, 7) is 3.21. The number of nitriles is 1. The van der Waals surface area contributed by atoms with Crippen molar-refractivity contribution in [1.29, 1.82) is 5.26 Å². The van der Waals surface area contributed by atoms with Gasteiger partial charge in [-0.25, -0.2) is 8.42 Å². The van der Waals surface area contributed by atoms with Gasteiger partial charge < -0.3 is 9.64 Å². The predicted molar refractivity (Wildman–Crippen MR) is 99.3 cm³/mol. The van der Waals surface area contributed by atoms with Gasteiger partial charge in [-0.3, -0.25) is 0 Å². The van der Waals surface area contributed by atoms with E-state index in [1.54, 1.807) is 7.05 Å². The molecule has 0 radical (unpaired) electrons. The topological polar surface area (TPSA) is 73.6 Å². The molecule has 0 atom stereocenters. The molecule has 1 heterocycles. The Morgan fingerprint density at radius 3 is 2.42 bits per heavy atom. The molecule has 0 aromatic heterocycles. The second-order valence-corrected chi connectivity index (χ2v) is 8.17. The maximum Gasteiger partial charge on any atom is 0.243 e. The molecule has 0 bridgehead atoms. The quantitative estimate of drug-likeness (QED) is 0.806. The molecule has 0 unspecified atom stereocenters. The van der Waals surface area contributed by atoms with Gasteiger partial charge in [0.05, 0.1) is 29.7 Å². The van der Waals surface area contributed by atoms with Gasteiger partial charge in [-0.1, -0.05) is 18.2 Å². The summed E-state index contributed by atoms with van der Waals surface area (Å²) in [5.74, 6) is 0. The number of nitrogens with zero attached hydrogens (tertiary/aromatic N) is 3. The van der Waals surface area contributed by atoms with Crippen LogP contribution < -0.4 is 4.90 Å². The highest BCUT2D eigenvalue weighted by atomic mass is 32.2. The minimum Gasteiger partial charge on any atom is -0.378 e. The third-order valence-electron chi connectivity index (χ3n) is 4.43. The van der Waals surface area contributed by atoms with Gasteiger partial charge in [0.1, 0.15) is 0 Å². The normalized spacial score (nSPS) is 15.0. The van der Waals surface area contributed by atoms with Crippen molar-refractivity contribution in [1.82, 2.24) is 4.31 Å². The average Bonchev–Trinajstić information content (AvgIpc) is 2.69. The summed E-state index contributed by atoms with van der Waals surface area (Å²) in [6, 6.07) is 15.8. The van der Waals surface area contributed by atoms with Gasteiger partial charge in [0, 0.05) is 32.4 Å². The summed E-state index contributed by atoms with van der Waals surface area (Å²) in [7, 11) is -2.06. The fraction of sp³-hybridized carbons (Fsp3) is 0.316. The van der Waals surface area contributed by atoms with Crippen LogP contribution in [0.2, 0.25) is 0 Å². The standard InChI is InChI=1S/C19H21N3O3S/c1-21(26(23,24)18-8-6-16(14-20)7-9-18)15-17-4-2-3-5-19(17)22-10-12-25-13-11-22/h2-9H,10-13,15H2,1H3. The van der Waals surface area contributed by atoms with Gasteiger partial charge >= 0.3 is 0 Å². The summed E-state index contributed by atoms with van der Waals surface area (Å²) < 4.78 is 32.4. The number of rotatable bonds is 5. The van der Waals surface area contributed by atoms with Crippen LogP contribution in [0.4, 0.5) is 5.69 Å². The van der Waals surface area contributed by atoms with E-state index in [1.165, 1.54) is 28.6 Å². The molecule has 1 saturated heterocycles. The molecule has 0 N–H and O–H groups in total. The first-order valence-corrected chi connectivity index (χ1v) is 9.83. The Balaban J connectivity index is 1.83. The van der Waals surface area contributed by atoms with Crippen LogP contribution in [0.25, 0.3) is 0 Å². The first kappa shape index (κ1) is 18.4. The Morgan fingerprint density at radius 2 is 1.77 bits per heavy atom. The molecular weight excluding hydrogens is 350 g/mol. The molecule has 1 aliphatic rings. The van der Waals surface area contributed by atoms with E-state index in [9.17, 15) is 8.42 Å². The Labute approximate surface area is 154 Å². The fourth-order valence-corrected chi connectivity index (χ4v) is 4.11. The molecule has 2 aromatic carbocycles. The first-order valence-electron chi connectivity index (χ1n) is 8.39. The van der Waals surface area contributed by atoms with E-state index < -0.39 is 10.0 Å².